The van der Waals surface area contributed by atoms with E-state index in [9.17, 15) is 13.9 Å². The molecule has 1 unspecified atom stereocenters. The molecule has 0 aliphatic rings. The van der Waals surface area contributed by atoms with Crippen molar-refractivity contribution in [1.29, 1.82) is 0 Å². The Balaban J connectivity index is 2.43. The summed E-state index contributed by atoms with van der Waals surface area (Å²) in [5, 5.41) is 9.84. The molecule has 2 rings (SSSR count). The summed E-state index contributed by atoms with van der Waals surface area (Å²) in [6.45, 7) is -0.0759. The molecule has 112 valence electrons. The van der Waals surface area contributed by atoms with Crippen LogP contribution in [-0.4, -0.2) is 18.3 Å². The predicted octanol–water partition coefficient (Wildman–Crippen LogP) is 3.16. The van der Waals surface area contributed by atoms with E-state index in [-0.39, 0.29) is 24.8 Å². The number of rotatable bonds is 5. The molecule has 0 radical (unpaired) electrons. The van der Waals surface area contributed by atoms with Crippen molar-refractivity contribution in [3.63, 3.8) is 0 Å². The standard InChI is InChI=1S/C16H16BrF2NO/c17-15-7-14(19)5-4-11(15)8-16(9-20,10-21)12-2-1-3-13(18)6-12/h1-7,21H,8-10,20H2. The highest BCUT2D eigenvalue weighted by Crippen LogP contribution is 2.31. The summed E-state index contributed by atoms with van der Waals surface area (Å²) in [5.41, 5.74) is 6.49. The molecule has 2 nitrogen and oxygen atoms in total. The number of nitrogens with two attached hydrogens (primary N) is 1. The average molecular weight is 356 g/mol. The minimum Gasteiger partial charge on any atom is -0.395 e. The van der Waals surface area contributed by atoms with Crippen molar-refractivity contribution in [1.82, 2.24) is 0 Å². The van der Waals surface area contributed by atoms with Crippen molar-refractivity contribution in [2.45, 2.75) is 11.8 Å². The van der Waals surface area contributed by atoms with Gasteiger partial charge in [0.1, 0.15) is 11.6 Å². The fourth-order valence-corrected chi connectivity index (χ4v) is 2.84. The molecular formula is C16H16BrF2NO. The first-order chi connectivity index (χ1) is 10.0. The van der Waals surface area contributed by atoms with E-state index in [1.54, 1.807) is 18.2 Å². The molecule has 3 N–H and O–H groups in total. The monoisotopic (exact) mass is 355 g/mol. The molecule has 5 heteroatoms. The maximum Gasteiger partial charge on any atom is 0.124 e. The second-order valence-corrected chi connectivity index (χ2v) is 5.92. The van der Waals surface area contributed by atoms with Crippen LogP contribution >= 0.6 is 15.9 Å². The van der Waals surface area contributed by atoms with Crippen LogP contribution in [0.15, 0.2) is 46.9 Å². The summed E-state index contributed by atoms with van der Waals surface area (Å²) in [7, 11) is 0. The van der Waals surface area contributed by atoms with Crippen LogP contribution in [0.25, 0.3) is 0 Å². The van der Waals surface area contributed by atoms with Crippen molar-refractivity contribution in [2.24, 2.45) is 5.73 Å². The van der Waals surface area contributed by atoms with Crippen molar-refractivity contribution in [3.8, 4) is 0 Å². The maximum absolute atomic E-state index is 13.5. The van der Waals surface area contributed by atoms with Gasteiger partial charge in [0, 0.05) is 16.4 Å². The van der Waals surface area contributed by atoms with Gasteiger partial charge in [0.05, 0.1) is 6.61 Å². The Kier molecular flexibility index (Phi) is 5.08. The van der Waals surface area contributed by atoms with E-state index < -0.39 is 5.41 Å². The second-order valence-electron chi connectivity index (χ2n) is 5.07. The first kappa shape index (κ1) is 16.1. The molecule has 0 saturated heterocycles. The lowest BCUT2D eigenvalue weighted by molar-refractivity contribution is 0.195. The van der Waals surface area contributed by atoms with Crippen molar-refractivity contribution in [3.05, 3.63) is 69.7 Å². The molecule has 0 fully saturated rings. The Morgan fingerprint density at radius 1 is 1.10 bits per heavy atom. The lowest BCUT2D eigenvalue weighted by Crippen LogP contribution is -2.41. The van der Waals surface area contributed by atoms with E-state index in [2.05, 4.69) is 15.9 Å². The lowest BCUT2D eigenvalue weighted by Gasteiger charge is -2.31. The van der Waals surface area contributed by atoms with Crippen LogP contribution < -0.4 is 5.73 Å². The van der Waals surface area contributed by atoms with E-state index in [0.717, 1.165) is 5.56 Å². The van der Waals surface area contributed by atoms with Gasteiger partial charge in [-0.2, -0.15) is 0 Å². The predicted molar refractivity (Wildman–Crippen MR) is 82.0 cm³/mol. The van der Waals surface area contributed by atoms with Crippen LogP contribution in [0.4, 0.5) is 8.78 Å². The number of hydrogen-bond donors (Lipinski definition) is 2. The minimum atomic E-state index is -0.803. The van der Waals surface area contributed by atoms with Gasteiger partial charge in [-0.3, -0.25) is 0 Å². The van der Waals surface area contributed by atoms with Gasteiger partial charge >= 0.3 is 0 Å². The zero-order valence-corrected chi connectivity index (χ0v) is 12.9. The molecular weight excluding hydrogens is 340 g/mol. The van der Waals surface area contributed by atoms with E-state index in [4.69, 9.17) is 5.73 Å². The van der Waals surface area contributed by atoms with Crippen LogP contribution in [0.3, 0.4) is 0 Å². The third kappa shape index (κ3) is 3.48. The minimum absolute atomic E-state index is 0.150. The van der Waals surface area contributed by atoms with Crippen molar-refractivity contribution >= 4 is 15.9 Å². The number of halogens is 3. The first-order valence-corrected chi connectivity index (χ1v) is 7.31. The van der Waals surface area contributed by atoms with Gasteiger partial charge in [-0.05, 0) is 41.8 Å². The number of hydrogen-bond acceptors (Lipinski definition) is 2. The molecule has 0 spiro atoms. The zero-order chi connectivity index (χ0) is 15.5. The maximum atomic E-state index is 13.5. The molecule has 0 aliphatic heterocycles. The van der Waals surface area contributed by atoms with Crippen LogP contribution in [0.1, 0.15) is 11.1 Å². The summed E-state index contributed by atoms with van der Waals surface area (Å²) in [4.78, 5) is 0. The molecule has 1 atom stereocenters. The molecule has 21 heavy (non-hydrogen) atoms. The Morgan fingerprint density at radius 2 is 1.81 bits per heavy atom. The van der Waals surface area contributed by atoms with Crippen LogP contribution in [0.5, 0.6) is 0 Å². The topological polar surface area (TPSA) is 46.2 Å². The Hall–Kier alpha value is -1.30. The average Bonchev–Trinajstić information content (AvgIpc) is 2.47. The fourth-order valence-electron chi connectivity index (χ4n) is 2.35. The molecule has 0 aliphatic carbocycles. The normalized spacial score (nSPS) is 14.0. The van der Waals surface area contributed by atoms with Crippen LogP contribution in [0, 0.1) is 11.6 Å². The molecule has 0 saturated carbocycles. The zero-order valence-electron chi connectivity index (χ0n) is 11.3. The quantitative estimate of drug-likeness (QED) is 0.865. The molecule has 0 bridgehead atoms. The highest BCUT2D eigenvalue weighted by molar-refractivity contribution is 9.10. The summed E-state index contributed by atoms with van der Waals surface area (Å²) < 4.78 is 27.2. The first-order valence-electron chi connectivity index (χ1n) is 6.52. The van der Waals surface area contributed by atoms with Gasteiger partial charge in [-0.1, -0.05) is 34.1 Å². The number of aliphatic hydroxyl groups is 1. The van der Waals surface area contributed by atoms with E-state index in [1.165, 1.54) is 24.3 Å². The van der Waals surface area contributed by atoms with E-state index in [1.807, 2.05) is 0 Å². The SMILES string of the molecule is NCC(CO)(Cc1ccc(F)cc1Br)c1cccc(F)c1. The van der Waals surface area contributed by atoms with Gasteiger partial charge < -0.3 is 10.8 Å². The third-order valence-corrected chi connectivity index (χ3v) is 4.41. The Morgan fingerprint density at radius 3 is 2.38 bits per heavy atom. The van der Waals surface area contributed by atoms with Crippen molar-refractivity contribution < 1.29 is 13.9 Å². The van der Waals surface area contributed by atoms with Crippen molar-refractivity contribution in [2.75, 3.05) is 13.2 Å². The molecule has 0 heterocycles. The van der Waals surface area contributed by atoms with Crippen LogP contribution in [-0.2, 0) is 11.8 Å². The van der Waals surface area contributed by atoms with E-state index >= 15 is 0 Å². The van der Waals surface area contributed by atoms with Crippen LogP contribution in [0.2, 0.25) is 0 Å². The lowest BCUT2D eigenvalue weighted by atomic mass is 9.76. The van der Waals surface area contributed by atoms with Gasteiger partial charge in [0.25, 0.3) is 0 Å². The second kappa shape index (κ2) is 6.64. The summed E-state index contributed by atoms with van der Waals surface area (Å²) in [6.07, 6.45) is 0.379. The Labute approximate surface area is 130 Å². The van der Waals surface area contributed by atoms with Gasteiger partial charge in [0.2, 0.25) is 0 Å². The number of benzene rings is 2. The highest BCUT2D eigenvalue weighted by atomic mass is 79.9. The summed E-state index contributed by atoms with van der Waals surface area (Å²) in [6, 6.07) is 10.4. The van der Waals surface area contributed by atoms with Gasteiger partial charge in [0.15, 0.2) is 0 Å². The van der Waals surface area contributed by atoms with Gasteiger partial charge in [-0.15, -0.1) is 0 Å². The molecule has 0 amide bonds. The fraction of sp³-hybridized carbons (Fsp3) is 0.250. The smallest absolute Gasteiger partial charge is 0.124 e. The van der Waals surface area contributed by atoms with E-state index in [0.29, 0.717) is 16.5 Å². The summed E-state index contributed by atoms with van der Waals surface area (Å²) in [5.74, 6) is -0.726. The number of aliphatic hydroxyl groups excluding tert-OH is 1. The highest BCUT2D eigenvalue weighted by Gasteiger charge is 2.31. The largest absolute Gasteiger partial charge is 0.395 e. The Bertz CT molecular complexity index is 629. The molecule has 2 aromatic carbocycles. The third-order valence-electron chi connectivity index (χ3n) is 3.67. The van der Waals surface area contributed by atoms with Gasteiger partial charge in [-0.25, -0.2) is 8.78 Å². The molecule has 2 aromatic rings. The summed E-state index contributed by atoms with van der Waals surface area (Å²) >= 11 is 3.31. The molecule has 0 aromatic heterocycles.